The van der Waals surface area contributed by atoms with Crippen LogP contribution in [0.5, 0.6) is 0 Å². The van der Waals surface area contributed by atoms with Gasteiger partial charge in [-0.15, -0.1) is 11.3 Å². The van der Waals surface area contributed by atoms with Crippen LogP contribution in [0.15, 0.2) is 42.6 Å². The van der Waals surface area contributed by atoms with Gasteiger partial charge in [-0.1, -0.05) is 12.1 Å². The zero-order valence-corrected chi connectivity index (χ0v) is 18.6. The Bertz CT molecular complexity index is 1070. The number of rotatable bonds is 6. The van der Waals surface area contributed by atoms with Crippen LogP contribution < -0.4 is 5.32 Å². The van der Waals surface area contributed by atoms with E-state index in [1.165, 1.54) is 6.07 Å². The Balaban J connectivity index is 1.66. The Kier molecular flexibility index (Phi) is 6.55. The molecule has 0 atom stereocenters. The number of aromatic nitrogens is 2. The molecule has 0 radical (unpaired) electrons. The van der Waals surface area contributed by atoms with E-state index in [-0.39, 0.29) is 10.6 Å². The number of anilines is 2. The lowest BCUT2D eigenvalue weighted by atomic mass is 10.1. The summed E-state index contributed by atoms with van der Waals surface area (Å²) < 4.78 is 0. The summed E-state index contributed by atoms with van der Waals surface area (Å²) in [4.78, 5) is 25.9. The van der Waals surface area contributed by atoms with Crippen molar-refractivity contribution in [1.29, 1.82) is 0 Å². The van der Waals surface area contributed by atoms with Gasteiger partial charge in [-0.25, -0.2) is 9.97 Å². The van der Waals surface area contributed by atoms with Crippen molar-refractivity contribution in [1.82, 2.24) is 19.8 Å². The maximum Gasteiger partial charge on any atom is 0.270 e. The second-order valence-electron chi connectivity index (χ2n) is 7.89. The summed E-state index contributed by atoms with van der Waals surface area (Å²) in [5.74, 6) is 0.695. The van der Waals surface area contributed by atoms with Crippen LogP contribution in [-0.4, -0.2) is 57.9 Å². The highest BCUT2D eigenvalue weighted by Crippen LogP contribution is 2.28. The fraction of sp³-hybridized carbons (Fsp3) is 0.364. The monoisotopic (exact) mass is 438 g/mol. The standard InChI is InChI=1S/C22H26N6O2S/c1-16-14-23-22(31-16)25-21-12-17(15-27-8-4-7-26(2)9-10-27)11-20(24-21)18-5-3-6-19(13-18)28(29)30/h3,5-6,11-14H,4,7-10,15H2,1-2H3,(H,23,24,25). The lowest BCUT2D eigenvalue weighted by Crippen LogP contribution is -2.28. The third kappa shape index (κ3) is 5.63. The highest BCUT2D eigenvalue weighted by atomic mass is 32.1. The zero-order valence-electron chi connectivity index (χ0n) is 17.7. The van der Waals surface area contributed by atoms with E-state index in [1.807, 2.05) is 31.3 Å². The van der Waals surface area contributed by atoms with Gasteiger partial charge in [-0.2, -0.15) is 0 Å². The number of hydrogen-bond donors (Lipinski definition) is 1. The number of pyridine rings is 1. The van der Waals surface area contributed by atoms with Crippen LogP contribution in [0, 0.1) is 17.0 Å². The van der Waals surface area contributed by atoms with Crippen molar-refractivity contribution >= 4 is 28.0 Å². The van der Waals surface area contributed by atoms with E-state index in [4.69, 9.17) is 4.98 Å². The molecule has 1 fully saturated rings. The third-order valence-corrected chi connectivity index (χ3v) is 6.14. The lowest BCUT2D eigenvalue weighted by Gasteiger charge is -2.21. The number of benzene rings is 1. The molecule has 1 aliphatic heterocycles. The topological polar surface area (TPSA) is 87.4 Å². The number of hydrogen-bond acceptors (Lipinski definition) is 8. The SMILES string of the molecule is Cc1cnc(Nc2cc(CN3CCCN(C)CC3)cc(-c3cccc([N+](=O)[O-])c3)n2)s1. The van der Waals surface area contributed by atoms with Crippen LogP contribution in [0.1, 0.15) is 16.9 Å². The van der Waals surface area contributed by atoms with Gasteiger partial charge in [0.25, 0.3) is 5.69 Å². The molecule has 3 heterocycles. The number of nitrogens with one attached hydrogen (secondary N) is 1. The summed E-state index contributed by atoms with van der Waals surface area (Å²) in [6.07, 6.45) is 2.97. The minimum atomic E-state index is -0.376. The predicted molar refractivity (Wildman–Crippen MR) is 124 cm³/mol. The molecule has 0 aliphatic carbocycles. The van der Waals surface area contributed by atoms with Gasteiger partial charge in [0, 0.05) is 48.4 Å². The number of nitro groups is 1. The fourth-order valence-corrected chi connectivity index (χ4v) is 4.38. The van der Waals surface area contributed by atoms with Gasteiger partial charge in [0.1, 0.15) is 5.82 Å². The number of nitrogens with zero attached hydrogens (tertiary/aromatic N) is 5. The smallest absolute Gasteiger partial charge is 0.270 e. The maximum absolute atomic E-state index is 11.2. The lowest BCUT2D eigenvalue weighted by molar-refractivity contribution is -0.384. The molecule has 162 valence electrons. The zero-order chi connectivity index (χ0) is 21.8. The molecular formula is C22H26N6O2S. The second kappa shape index (κ2) is 9.51. The van der Waals surface area contributed by atoms with Crippen molar-refractivity contribution < 1.29 is 4.92 Å². The molecule has 1 N–H and O–H groups in total. The summed E-state index contributed by atoms with van der Waals surface area (Å²) in [7, 11) is 2.16. The molecule has 1 saturated heterocycles. The summed E-state index contributed by atoms with van der Waals surface area (Å²) >= 11 is 1.57. The molecule has 0 bridgehead atoms. The number of thiazole rings is 1. The molecule has 0 spiro atoms. The summed E-state index contributed by atoms with van der Waals surface area (Å²) in [5, 5.41) is 15.3. The maximum atomic E-state index is 11.2. The number of aryl methyl sites for hydroxylation is 1. The minimum Gasteiger partial charge on any atom is -0.316 e. The summed E-state index contributed by atoms with van der Waals surface area (Å²) in [5.41, 5.74) is 2.62. The first kappa shape index (κ1) is 21.4. The molecule has 9 heteroatoms. The van der Waals surface area contributed by atoms with Crippen molar-refractivity contribution in [3.63, 3.8) is 0 Å². The van der Waals surface area contributed by atoms with E-state index in [2.05, 4.69) is 27.1 Å². The van der Waals surface area contributed by atoms with Crippen molar-refractivity contribution in [2.45, 2.75) is 19.9 Å². The van der Waals surface area contributed by atoms with Crippen molar-refractivity contribution in [2.24, 2.45) is 0 Å². The molecule has 4 rings (SSSR count). The Morgan fingerprint density at radius 2 is 2.06 bits per heavy atom. The molecule has 0 saturated carbocycles. The molecular weight excluding hydrogens is 412 g/mol. The molecule has 1 aliphatic rings. The Hall–Kier alpha value is -2.88. The minimum absolute atomic E-state index is 0.0605. The van der Waals surface area contributed by atoms with E-state index in [1.54, 1.807) is 23.5 Å². The average molecular weight is 439 g/mol. The van der Waals surface area contributed by atoms with Crippen LogP contribution in [0.2, 0.25) is 0 Å². The molecule has 0 amide bonds. The first-order valence-corrected chi connectivity index (χ1v) is 11.1. The molecule has 31 heavy (non-hydrogen) atoms. The first-order valence-electron chi connectivity index (χ1n) is 10.3. The molecule has 1 aromatic carbocycles. The molecule has 2 aromatic heterocycles. The van der Waals surface area contributed by atoms with Crippen molar-refractivity contribution in [3.8, 4) is 11.3 Å². The molecule has 0 unspecified atom stereocenters. The fourth-order valence-electron chi connectivity index (χ4n) is 3.71. The average Bonchev–Trinajstić information content (AvgIpc) is 3.04. The van der Waals surface area contributed by atoms with Crippen LogP contribution in [0.25, 0.3) is 11.3 Å². The number of non-ortho nitro benzene ring substituents is 1. The van der Waals surface area contributed by atoms with Crippen molar-refractivity contribution in [2.75, 3.05) is 38.5 Å². The largest absolute Gasteiger partial charge is 0.316 e. The quantitative estimate of drug-likeness (QED) is 0.453. The Morgan fingerprint density at radius 1 is 1.19 bits per heavy atom. The Labute approximate surface area is 185 Å². The van der Waals surface area contributed by atoms with Gasteiger partial charge in [0.2, 0.25) is 0 Å². The van der Waals surface area contributed by atoms with Gasteiger partial charge in [0.15, 0.2) is 5.13 Å². The van der Waals surface area contributed by atoms with E-state index >= 15 is 0 Å². The van der Waals surface area contributed by atoms with Gasteiger partial charge in [-0.3, -0.25) is 15.0 Å². The Morgan fingerprint density at radius 3 is 2.84 bits per heavy atom. The van der Waals surface area contributed by atoms with E-state index in [0.717, 1.165) is 60.3 Å². The second-order valence-corrected chi connectivity index (χ2v) is 9.12. The number of nitro benzene ring substituents is 1. The normalized spacial score (nSPS) is 15.5. The van der Waals surface area contributed by atoms with E-state index in [9.17, 15) is 10.1 Å². The highest BCUT2D eigenvalue weighted by molar-refractivity contribution is 7.15. The summed E-state index contributed by atoms with van der Waals surface area (Å²) in [6, 6.07) is 10.7. The van der Waals surface area contributed by atoms with Crippen LogP contribution in [0.3, 0.4) is 0 Å². The van der Waals surface area contributed by atoms with Crippen LogP contribution in [-0.2, 0) is 6.54 Å². The summed E-state index contributed by atoms with van der Waals surface area (Å²) in [6.45, 7) is 7.04. The third-order valence-electron chi connectivity index (χ3n) is 5.31. The predicted octanol–water partition coefficient (Wildman–Crippen LogP) is 4.30. The van der Waals surface area contributed by atoms with Gasteiger partial charge in [-0.05, 0) is 51.2 Å². The molecule has 8 nitrogen and oxygen atoms in total. The van der Waals surface area contributed by atoms with Crippen molar-refractivity contribution in [3.05, 3.63) is 63.1 Å². The van der Waals surface area contributed by atoms with Crippen LogP contribution in [0.4, 0.5) is 16.6 Å². The highest BCUT2D eigenvalue weighted by Gasteiger charge is 2.15. The van der Waals surface area contributed by atoms with E-state index < -0.39 is 0 Å². The van der Waals surface area contributed by atoms with Gasteiger partial charge >= 0.3 is 0 Å². The van der Waals surface area contributed by atoms with Crippen LogP contribution >= 0.6 is 11.3 Å². The van der Waals surface area contributed by atoms with Gasteiger partial charge in [0.05, 0.1) is 10.6 Å². The first-order chi connectivity index (χ1) is 15.0. The number of likely N-dealkylation sites (N-methyl/N-ethyl adjacent to an activating group) is 1. The molecule has 3 aromatic rings. The van der Waals surface area contributed by atoms with Gasteiger partial charge < -0.3 is 10.2 Å². The van der Waals surface area contributed by atoms with E-state index in [0.29, 0.717) is 11.5 Å².